The van der Waals surface area contributed by atoms with Gasteiger partial charge in [0.25, 0.3) is 0 Å². The Labute approximate surface area is 127 Å². The number of anilines is 1. The van der Waals surface area contributed by atoms with Crippen molar-refractivity contribution in [2.45, 2.75) is 19.8 Å². The molecule has 1 aromatic carbocycles. The first kappa shape index (κ1) is 15.3. The highest BCUT2D eigenvalue weighted by atomic mass is 32.1. The van der Waals surface area contributed by atoms with Crippen molar-refractivity contribution in [2.75, 3.05) is 19.5 Å². The normalized spacial score (nSPS) is 10.2. The molecule has 1 N–H and O–H groups in total. The molecular formula is C15H18N2O3S. The first-order valence-electron chi connectivity index (χ1n) is 6.55. The summed E-state index contributed by atoms with van der Waals surface area (Å²) in [5.74, 6) is 1.45. The van der Waals surface area contributed by atoms with E-state index in [1.54, 1.807) is 14.2 Å². The molecule has 0 fully saturated rings. The summed E-state index contributed by atoms with van der Waals surface area (Å²) >= 11 is 1.43. The minimum Gasteiger partial charge on any atom is -0.497 e. The SMILES string of the molecule is COc1ccc(OC)c(CCC(=O)Nc2nc(C)cs2)c1. The van der Waals surface area contributed by atoms with Gasteiger partial charge >= 0.3 is 0 Å². The van der Waals surface area contributed by atoms with E-state index in [1.165, 1.54) is 11.3 Å². The van der Waals surface area contributed by atoms with Crippen LogP contribution in [0.1, 0.15) is 17.7 Å². The van der Waals surface area contributed by atoms with Gasteiger partial charge in [-0.25, -0.2) is 4.98 Å². The third kappa shape index (κ3) is 4.19. The van der Waals surface area contributed by atoms with Crippen LogP contribution in [0, 0.1) is 6.92 Å². The number of nitrogens with zero attached hydrogens (tertiary/aromatic N) is 1. The van der Waals surface area contributed by atoms with Crippen LogP contribution in [0.4, 0.5) is 5.13 Å². The maximum Gasteiger partial charge on any atom is 0.226 e. The standard InChI is InChI=1S/C15H18N2O3S/c1-10-9-21-15(16-10)17-14(18)7-4-11-8-12(19-2)5-6-13(11)20-3/h5-6,8-9H,4,7H2,1-3H3,(H,16,17,18). The number of rotatable bonds is 6. The van der Waals surface area contributed by atoms with Crippen molar-refractivity contribution >= 4 is 22.4 Å². The van der Waals surface area contributed by atoms with Crippen molar-refractivity contribution in [2.24, 2.45) is 0 Å². The average Bonchev–Trinajstić information content (AvgIpc) is 2.89. The van der Waals surface area contributed by atoms with Crippen LogP contribution in [0.2, 0.25) is 0 Å². The number of hydrogen-bond acceptors (Lipinski definition) is 5. The summed E-state index contributed by atoms with van der Waals surface area (Å²) in [5, 5.41) is 5.33. The molecule has 21 heavy (non-hydrogen) atoms. The minimum atomic E-state index is -0.0609. The quantitative estimate of drug-likeness (QED) is 0.891. The summed E-state index contributed by atoms with van der Waals surface area (Å²) in [6.07, 6.45) is 0.943. The van der Waals surface area contributed by atoms with Crippen LogP contribution in [0.15, 0.2) is 23.6 Å². The molecule has 0 aliphatic rings. The zero-order valence-corrected chi connectivity index (χ0v) is 13.1. The van der Waals surface area contributed by atoms with Crippen LogP contribution in [-0.2, 0) is 11.2 Å². The first-order valence-corrected chi connectivity index (χ1v) is 7.43. The number of methoxy groups -OCH3 is 2. The molecule has 2 aromatic rings. The summed E-state index contributed by atoms with van der Waals surface area (Å²) in [6.45, 7) is 1.90. The lowest BCUT2D eigenvalue weighted by atomic mass is 10.1. The molecule has 5 nitrogen and oxygen atoms in total. The third-order valence-electron chi connectivity index (χ3n) is 2.97. The summed E-state index contributed by atoms with van der Waals surface area (Å²) < 4.78 is 10.5. The van der Waals surface area contributed by atoms with Crippen molar-refractivity contribution < 1.29 is 14.3 Å². The van der Waals surface area contributed by atoms with Crippen LogP contribution in [-0.4, -0.2) is 25.1 Å². The molecular weight excluding hydrogens is 288 g/mol. The van der Waals surface area contributed by atoms with Crippen molar-refractivity contribution in [1.29, 1.82) is 0 Å². The molecule has 6 heteroatoms. The second-order valence-electron chi connectivity index (χ2n) is 4.52. The number of nitrogens with one attached hydrogen (secondary N) is 1. The highest BCUT2D eigenvalue weighted by Crippen LogP contribution is 2.25. The summed E-state index contributed by atoms with van der Waals surface area (Å²) in [6, 6.07) is 5.57. The molecule has 0 unspecified atom stereocenters. The second-order valence-corrected chi connectivity index (χ2v) is 5.38. The molecule has 0 aliphatic heterocycles. The van der Waals surface area contributed by atoms with Gasteiger partial charge in [-0.15, -0.1) is 11.3 Å². The Bertz CT molecular complexity index is 625. The van der Waals surface area contributed by atoms with E-state index in [4.69, 9.17) is 9.47 Å². The molecule has 1 amide bonds. The molecule has 112 valence electrons. The molecule has 0 bridgehead atoms. The van der Waals surface area contributed by atoms with Crippen LogP contribution in [0.5, 0.6) is 11.5 Å². The van der Waals surface area contributed by atoms with E-state index in [0.717, 1.165) is 22.8 Å². The predicted octanol–water partition coefficient (Wildman–Crippen LogP) is 3.04. The van der Waals surface area contributed by atoms with Gasteiger partial charge in [-0.3, -0.25) is 4.79 Å². The largest absolute Gasteiger partial charge is 0.497 e. The number of amides is 1. The lowest BCUT2D eigenvalue weighted by molar-refractivity contribution is -0.116. The van der Waals surface area contributed by atoms with E-state index in [1.807, 2.05) is 30.5 Å². The fourth-order valence-corrected chi connectivity index (χ4v) is 2.62. The Balaban J connectivity index is 1.97. The van der Waals surface area contributed by atoms with Crippen molar-refractivity contribution in [3.63, 3.8) is 0 Å². The van der Waals surface area contributed by atoms with Crippen LogP contribution < -0.4 is 14.8 Å². The Kier molecular flexibility index (Phi) is 5.16. The summed E-state index contributed by atoms with van der Waals surface area (Å²) in [5.41, 5.74) is 1.85. The molecule has 0 saturated heterocycles. The van der Waals surface area contributed by atoms with Gasteiger partial charge in [0, 0.05) is 11.8 Å². The van der Waals surface area contributed by atoms with E-state index in [9.17, 15) is 4.79 Å². The number of aryl methyl sites for hydroxylation is 2. The van der Waals surface area contributed by atoms with E-state index >= 15 is 0 Å². The van der Waals surface area contributed by atoms with Gasteiger partial charge in [0.15, 0.2) is 5.13 Å². The lowest BCUT2D eigenvalue weighted by Gasteiger charge is -2.10. The minimum absolute atomic E-state index is 0.0609. The zero-order chi connectivity index (χ0) is 15.2. The summed E-state index contributed by atoms with van der Waals surface area (Å²) in [4.78, 5) is 16.1. The maximum absolute atomic E-state index is 11.9. The molecule has 0 aliphatic carbocycles. The number of carbonyl (C=O) groups excluding carboxylic acids is 1. The van der Waals surface area contributed by atoms with Crippen molar-refractivity contribution in [1.82, 2.24) is 4.98 Å². The summed E-state index contributed by atoms with van der Waals surface area (Å²) in [7, 11) is 3.23. The van der Waals surface area contributed by atoms with Gasteiger partial charge in [-0.05, 0) is 37.1 Å². The highest BCUT2D eigenvalue weighted by molar-refractivity contribution is 7.13. The monoisotopic (exact) mass is 306 g/mol. The van der Waals surface area contributed by atoms with Crippen molar-refractivity contribution in [3.8, 4) is 11.5 Å². The number of ether oxygens (including phenoxy) is 2. The topological polar surface area (TPSA) is 60.5 Å². The second kappa shape index (κ2) is 7.08. The average molecular weight is 306 g/mol. The lowest BCUT2D eigenvalue weighted by Crippen LogP contribution is -2.12. The Hall–Kier alpha value is -2.08. The first-order chi connectivity index (χ1) is 10.1. The fourth-order valence-electron chi connectivity index (χ4n) is 1.92. The number of benzene rings is 1. The van der Waals surface area contributed by atoms with E-state index in [-0.39, 0.29) is 5.91 Å². The maximum atomic E-state index is 11.9. The van der Waals surface area contributed by atoms with Gasteiger partial charge in [0.05, 0.1) is 19.9 Å². The number of aromatic nitrogens is 1. The molecule has 1 heterocycles. The van der Waals surface area contributed by atoms with Crippen LogP contribution in [0.3, 0.4) is 0 Å². The molecule has 0 saturated carbocycles. The smallest absolute Gasteiger partial charge is 0.226 e. The predicted molar refractivity (Wildman–Crippen MR) is 83.3 cm³/mol. The van der Waals surface area contributed by atoms with Gasteiger partial charge in [-0.1, -0.05) is 0 Å². The Morgan fingerprint density at radius 1 is 1.33 bits per heavy atom. The molecule has 2 rings (SSSR count). The Morgan fingerprint density at radius 3 is 2.76 bits per heavy atom. The van der Waals surface area contributed by atoms with Gasteiger partial charge in [0.1, 0.15) is 11.5 Å². The van der Waals surface area contributed by atoms with Gasteiger partial charge < -0.3 is 14.8 Å². The van der Waals surface area contributed by atoms with Crippen LogP contribution in [0.25, 0.3) is 0 Å². The number of carbonyl (C=O) groups is 1. The van der Waals surface area contributed by atoms with E-state index in [0.29, 0.717) is 18.0 Å². The molecule has 0 atom stereocenters. The Morgan fingerprint density at radius 2 is 2.14 bits per heavy atom. The zero-order valence-electron chi connectivity index (χ0n) is 12.3. The molecule has 0 spiro atoms. The van der Waals surface area contributed by atoms with Crippen molar-refractivity contribution in [3.05, 3.63) is 34.8 Å². The molecule has 1 aromatic heterocycles. The number of thiazole rings is 1. The number of hydrogen-bond donors (Lipinski definition) is 1. The van der Waals surface area contributed by atoms with Gasteiger partial charge in [-0.2, -0.15) is 0 Å². The third-order valence-corrected chi connectivity index (χ3v) is 3.85. The van der Waals surface area contributed by atoms with E-state index < -0.39 is 0 Å². The van der Waals surface area contributed by atoms with E-state index in [2.05, 4.69) is 10.3 Å². The fraction of sp³-hybridized carbons (Fsp3) is 0.333. The van der Waals surface area contributed by atoms with Crippen LogP contribution >= 0.6 is 11.3 Å². The molecule has 0 radical (unpaired) electrons. The highest BCUT2D eigenvalue weighted by Gasteiger charge is 2.09. The van der Waals surface area contributed by atoms with Gasteiger partial charge in [0.2, 0.25) is 5.91 Å².